The number of piperidine rings is 1. The first-order chi connectivity index (χ1) is 14.3. The Bertz CT molecular complexity index is 940. The van der Waals surface area contributed by atoms with E-state index in [1.165, 1.54) is 0 Å². The number of H-pyrrole nitrogens is 1. The van der Waals surface area contributed by atoms with E-state index in [9.17, 15) is 14.7 Å². The topological polar surface area (TPSA) is 88.7 Å². The first kappa shape index (κ1) is 21.0. The fourth-order valence-corrected chi connectivity index (χ4v) is 4.55. The van der Waals surface area contributed by atoms with Gasteiger partial charge in [-0.2, -0.15) is 0 Å². The van der Waals surface area contributed by atoms with Gasteiger partial charge >= 0.3 is 6.03 Å². The number of nitrogens with one attached hydrogen (secondary N) is 2. The van der Waals surface area contributed by atoms with Crippen molar-refractivity contribution in [3.05, 3.63) is 35.0 Å². The quantitative estimate of drug-likeness (QED) is 0.677. The van der Waals surface area contributed by atoms with Crippen LogP contribution in [-0.4, -0.2) is 63.6 Å². The summed E-state index contributed by atoms with van der Waals surface area (Å²) in [7, 11) is 1.78. The second-order valence-corrected chi connectivity index (χ2v) is 9.12. The van der Waals surface area contributed by atoms with Gasteiger partial charge in [0, 0.05) is 41.8 Å². The first-order valence-electron chi connectivity index (χ1n) is 10.6. The Hall–Kier alpha value is -2.25. The van der Waals surface area contributed by atoms with Crippen LogP contribution in [0.4, 0.5) is 4.79 Å². The molecule has 1 saturated heterocycles. The molecule has 2 heterocycles. The number of benzene rings is 1. The van der Waals surface area contributed by atoms with E-state index in [0.717, 1.165) is 35.9 Å². The molecule has 30 heavy (non-hydrogen) atoms. The number of carbonyl (C=O) groups is 2. The van der Waals surface area contributed by atoms with Gasteiger partial charge in [0.2, 0.25) is 5.91 Å². The van der Waals surface area contributed by atoms with E-state index in [0.29, 0.717) is 37.5 Å². The average molecular weight is 433 g/mol. The normalized spacial score (nSPS) is 20.6. The number of halogens is 1. The molecule has 1 aliphatic heterocycles. The van der Waals surface area contributed by atoms with Crippen LogP contribution in [0.2, 0.25) is 5.02 Å². The van der Waals surface area contributed by atoms with Crippen molar-refractivity contribution in [2.45, 2.75) is 56.7 Å². The van der Waals surface area contributed by atoms with Crippen LogP contribution < -0.4 is 5.32 Å². The second-order valence-electron chi connectivity index (χ2n) is 8.69. The van der Waals surface area contributed by atoms with Crippen LogP contribution in [0.15, 0.2) is 24.3 Å². The van der Waals surface area contributed by atoms with E-state index >= 15 is 0 Å². The summed E-state index contributed by atoms with van der Waals surface area (Å²) in [5, 5.41) is 14.9. The highest BCUT2D eigenvalue weighted by Crippen LogP contribution is 2.35. The summed E-state index contributed by atoms with van der Waals surface area (Å²) >= 11 is 6.03. The Morgan fingerprint density at radius 3 is 2.87 bits per heavy atom. The molecule has 1 saturated carbocycles. The van der Waals surface area contributed by atoms with Crippen LogP contribution in [0.25, 0.3) is 10.9 Å². The zero-order chi connectivity index (χ0) is 21.3. The summed E-state index contributed by atoms with van der Waals surface area (Å²) < 4.78 is 0. The molecule has 2 fully saturated rings. The van der Waals surface area contributed by atoms with Gasteiger partial charge in [0.1, 0.15) is 0 Å². The van der Waals surface area contributed by atoms with Gasteiger partial charge < -0.3 is 25.2 Å². The molecule has 1 aliphatic carbocycles. The molecular formula is C22H29ClN4O3. The van der Waals surface area contributed by atoms with Gasteiger partial charge in [-0.3, -0.25) is 4.79 Å². The third kappa shape index (κ3) is 4.57. The lowest BCUT2D eigenvalue weighted by molar-refractivity contribution is -0.142. The Labute approximate surface area is 181 Å². The number of likely N-dealkylation sites (N-methyl/N-ethyl adjacent to an activating group) is 1. The minimum absolute atomic E-state index is 0.00700. The maximum Gasteiger partial charge on any atom is 0.317 e. The standard InChI is InChI=1S/C22H29ClN4O3/c1-26(18-4-2-9-27(14-18)20(28)12-22(30)7-3-8-22)21(29)24-13-17-11-15-10-16(23)5-6-19(15)25-17/h5-6,10-11,18,25,30H,2-4,7-9,12-14H2,1H3,(H,24,29)/t18-/m1/s1. The van der Waals surface area contributed by atoms with Crippen LogP contribution >= 0.6 is 11.6 Å². The van der Waals surface area contributed by atoms with Crippen molar-refractivity contribution in [3.63, 3.8) is 0 Å². The molecule has 0 bridgehead atoms. The third-order valence-corrected chi connectivity index (χ3v) is 6.69. The average Bonchev–Trinajstić information content (AvgIpc) is 3.12. The van der Waals surface area contributed by atoms with Gasteiger partial charge in [-0.05, 0) is 56.4 Å². The van der Waals surface area contributed by atoms with E-state index in [2.05, 4.69) is 10.3 Å². The third-order valence-electron chi connectivity index (χ3n) is 6.45. The lowest BCUT2D eigenvalue weighted by Crippen LogP contribution is -2.53. The van der Waals surface area contributed by atoms with Crippen LogP contribution in [0.3, 0.4) is 0 Å². The highest BCUT2D eigenvalue weighted by atomic mass is 35.5. The van der Waals surface area contributed by atoms with Gasteiger partial charge in [0.15, 0.2) is 0 Å². The number of carbonyl (C=O) groups excluding carboxylic acids is 2. The van der Waals surface area contributed by atoms with E-state index < -0.39 is 5.60 Å². The number of aromatic nitrogens is 1. The molecule has 2 aliphatic rings. The Morgan fingerprint density at radius 2 is 2.13 bits per heavy atom. The number of hydrogen-bond donors (Lipinski definition) is 3. The van der Waals surface area contributed by atoms with Gasteiger partial charge in [0.25, 0.3) is 0 Å². The second kappa shape index (κ2) is 8.47. The molecule has 8 heteroatoms. The van der Waals surface area contributed by atoms with Crippen LogP contribution in [0, 0.1) is 0 Å². The number of hydrogen-bond acceptors (Lipinski definition) is 3. The Balaban J connectivity index is 1.30. The number of amides is 3. The maximum absolute atomic E-state index is 12.7. The highest BCUT2D eigenvalue weighted by molar-refractivity contribution is 6.31. The Kier molecular flexibility index (Phi) is 5.93. The summed E-state index contributed by atoms with van der Waals surface area (Å²) in [6, 6.07) is 7.43. The summed E-state index contributed by atoms with van der Waals surface area (Å²) in [4.78, 5) is 32.1. The lowest BCUT2D eigenvalue weighted by Gasteiger charge is -2.41. The number of fused-ring (bicyclic) bond motifs is 1. The smallest absolute Gasteiger partial charge is 0.317 e. The van der Waals surface area contributed by atoms with Crippen molar-refractivity contribution < 1.29 is 14.7 Å². The first-order valence-corrected chi connectivity index (χ1v) is 11.0. The predicted octanol–water partition coefficient (Wildman–Crippen LogP) is 3.26. The summed E-state index contributed by atoms with van der Waals surface area (Å²) in [6.45, 7) is 1.60. The van der Waals surface area contributed by atoms with E-state index in [1.807, 2.05) is 24.3 Å². The van der Waals surface area contributed by atoms with Crippen molar-refractivity contribution in [3.8, 4) is 0 Å². The monoisotopic (exact) mass is 432 g/mol. The van der Waals surface area contributed by atoms with Crippen molar-refractivity contribution in [2.75, 3.05) is 20.1 Å². The summed E-state index contributed by atoms with van der Waals surface area (Å²) in [5.74, 6) is -0.00700. The molecule has 2 aromatic rings. The molecule has 0 radical (unpaired) electrons. The molecule has 4 rings (SSSR count). The van der Waals surface area contributed by atoms with E-state index in [1.54, 1.807) is 16.8 Å². The zero-order valence-electron chi connectivity index (χ0n) is 17.3. The largest absolute Gasteiger partial charge is 0.389 e. The lowest BCUT2D eigenvalue weighted by atomic mass is 9.77. The van der Waals surface area contributed by atoms with Crippen LogP contribution in [0.5, 0.6) is 0 Å². The molecule has 0 spiro atoms. The molecular weight excluding hydrogens is 404 g/mol. The summed E-state index contributed by atoms with van der Waals surface area (Å²) in [6.07, 6.45) is 4.31. The van der Waals surface area contributed by atoms with Gasteiger partial charge in [-0.25, -0.2) is 4.79 Å². The number of aliphatic hydroxyl groups is 1. The fraction of sp³-hybridized carbons (Fsp3) is 0.545. The minimum Gasteiger partial charge on any atom is -0.389 e. The van der Waals surface area contributed by atoms with Gasteiger partial charge in [-0.1, -0.05) is 11.6 Å². The molecule has 1 atom stereocenters. The summed E-state index contributed by atoms with van der Waals surface area (Å²) in [5.41, 5.74) is 1.08. The van der Waals surface area contributed by atoms with Crippen molar-refractivity contribution >= 4 is 34.4 Å². The predicted molar refractivity (Wildman–Crippen MR) is 116 cm³/mol. The SMILES string of the molecule is CN(C(=O)NCc1cc2cc(Cl)ccc2[nH]1)[C@@H]1CCCN(C(=O)CC2(O)CCC2)C1. The van der Waals surface area contributed by atoms with Crippen molar-refractivity contribution in [1.82, 2.24) is 20.1 Å². The van der Waals surface area contributed by atoms with Crippen LogP contribution in [-0.2, 0) is 11.3 Å². The van der Waals surface area contributed by atoms with Crippen molar-refractivity contribution in [2.24, 2.45) is 0 Å². The molecule has 1 aromatic carbocycles. The number of urea groups is 1. The minimum atomic E-state index is -0.808. The maximum atomic E-state index is 12.7. The molecule has 0 unspecified atom stereocenters. The van der Waals surface area contributed by atoms with Gasteiger partial charge in [-0.15, -0.1) is 0 Å². The van der Waals surface area contributed by atoms with E-state index in [4.69, 9.17) is 11.6 Å². The molecule has 3 N–H and O–H groups in total. The molecule has 3 amide bonds. The number of likely N-dealkylation sites (tertiary alicyclic amines) is 1. The number of rotatable bonds is 5. The van der Waals surface area contributed by atoms with E-state index in [-0.39, 0.29) is 24.4 Å². The Morgan fingerprint density at radius 1 is 1.33 bits per heavy atom. The molecule has 7 nitrogen and oxygen atoms in total. The highest BCUT2D eigenvalue weighted by Gasteiger charge is 2.39. The molecule has 1 aromatic heterocycles. The van der Waals surface area contributed by atoms with Crippen molar-refractivity contribution in [1.29, 1.82) is 0 Å². The number of aromatic amines is 1. The zero-order valence-corrected chi connectivity index (χ0v) is 18.0. The number of nitrogens with zero attached hydrogens (tertiary/aromatic N) is 2. The fourth-order valence-electron chi connectivity index (χ4n) is 4.37. The van der Waals surface area contributed by atoms with Crippen LogP contribution in [0.1, 0.15) is 44.2 Å². The molecule has 162 valence electrons. The van der Waals surface area contributed by atoms with Gasteiger partial charge in [0.05, 0.1) is 24.6 Å².